The van der Waals surface area contributed by atoms with Crippen molar-refractivity contribution < 1.29 is 10.2 Å². The molecule has 0 aromatic rings. The number of rotatable bonds is 4. The van der Waals surface area contributed by atoms with Gasteiger partial charge in [-0.05, 0) is 57.3 Å². The van der Waals surface area contributed by atoms with Crippen molar-refractivity contribution in [1.29, 1.82) is 0 Å². The molecular formula is C19H30O2. The van der Waals surface area contributed by atoms with E-state index in [1.54, 1.807) is 0 Å². The normalized spacial score (nSPS) is 39.8. The summed E-state index contributed by atoms with van der Waals surface area (Å²) in [5.74, 6) is 1.03. The fraction of sp³-hybridized carbons (Fsp3) is 0.789. The van der Waals surface area contributed by atoms with E-state index in [0.29, 0.717) is 11.8 Å². The lowest BCUT2D eigenvalue weighted by Crippen LogP contribution is -2.35. The zero-order valence-electron chi connectivity index (χ0n) is 13.3. The van der Waals surface area contributed by atoms with Gasteiger partial charge < -0.3 is 10.2 Å². The minimum absolute atomic E-state index is 0.0715. The molecule has 0 saturated heterocycles. The fourth-order valence-corrected chi connectivity index (χ4v) is 4.85. The Kier molecular flexibility index (Phi) is 4.29. The van der Waals surface area contributed by atoms with Crippen LogP contribution in [0.5, 0.6) is 0 Å². The maximum Gasteiger partial charge on any atom is 0.0682 e. The molecule has 2 fully saturated rings. The molecule has 0 heterocycles. The maximum absolute atomic E-state index is 10.8. The minimum atomic E-state index is -0.567. The first-order chi connectivity index (χ1) is 10.0. The molecular weight excluding hydrogens is 260 g/mol. The molecule has 118 valence electrons. The smallest absolute Gasteiger partial charge is 0.0682 e. The van der Waals surface area contributed by atoms with Crippen molar-refractivity contribution in [3.8, 4) is 0 Å². The molecule has 21 heavy (non-hydrogen) atoms. The zero-order valence-corrected chi connectivity index (χ0v) is 13.3. The van der Waals surface area contributed by atoms with Gasteiger partial charge in [-0.25, -0.2) is 0 Å². The molecule has 0 radical (unpaired) electrons. The molecule has 2 N–H and O–H groups in total. The van der Waals surface area contributed by atoms with Crippen LogP contribution < -0.4 is 0 Å². The maximum atomic E-state index is 10.8. The highest BCUT2D eigenvalue weighted by Gasteiger charge is 2.45. The molecule has 0 aliphatic heterocycles. The lowest BCUT2D eigenvalue weighted by molar-refractivity contribution is -0.0138. The monoisotopic (exact) mass is 290 g/mol. The molecule has 0 bridgehead atoms. The average Bonchev–Trinajstić information content (AvgIpc) is 2.95. The quantitative estimate of drug-likeness (QED) is 0.769. The van der Waals surface area contributed by atoms with Crippen molar-refractivity contribution in [1.82, 2.24) is 0 Å². The first kappa shape index (κ1) is 15.3. The SMILES string of the molecule is C[C@@](O)(C/C=C/C12C=CCC1CC(O)C2)C1CCCCC1. The summed E-state index contributed by atoms with van der Waals surface area (Å²) in [4.78, 5) is 0. The molecule has 0 spiro atoms. The van der Waals surface area contributed by atoms with E-state index in [-0.39, 0.29) is 11.5 Å². The second-order valence-corrected chi connectivity index (χ2v) is 7.84. The summed E-state index contributed by atoms with van der Waals surface area (Å²) in [5.41, 5.74) is -0.495. The molecule has 0 amide bonds. The predicted molar refractivity (Wildman–Crippen MR) is 85.9 cm³/mol. The van der Waals surface area contributed by atoms with Crippen molar-refractivity contribution in [2.24, 2.45) is 17.3 Å². The first-order valence-electron chi connectivity index (χ1n) is 8.78. The van der Waals surface area contributed by atoms with Crippen molar-refractivity contribution in [2.45, 2.75) is 76.4 Å². The zero-order chi connectivity index (χ0) is 14.9. The van der Waals surface area contributed by atoms with Crippen LogP contribution >= 0.6 is 0 Å². The Morgan fingerprint density at radius 1 is 1.29 bits per heavy atom. The summed E-state index contributed by atoms with van der Waals surface area (Å²) in [6.07, 6.45) is 18.7. The van der Waals surface area contributed by atoms with E-state index in [9.17, 15) is 10.2 Å². The van der Waals surface area contributed by atoms with Crippen molar-refractivity contribution >= 4 is 0 Å². The van der Waals surface area contributed by atoms with Gasteiger partial charge in [-0.2, -0.15) is 0 Å². The third-order valence-electron chi connectivity index (χ3n) is 6.20. The molecule has 4 atom stereocenters. The second-order valence-electron chi connectivity index (χ2n) is 7.84. The molecule has 3 aliphatic carbocycles. The van der Waals surface area contributed by atoms with E-state index < -0.39 is 5.60 Å². The van der Waals surface area contributed by atoms with Crippen molar-refractivity contribution in [3.63, 3.8) is 0 Å². The minimum Gasteiger partial charge on any atom is -0.393 e. The van der Waals surface area contributed by atoms with Gasteiger partial charge in [0.25, 0.3) is 0 Å². The number of aliphatic hydroxyl groups excluding tert-OH is 1. The Bertz CT molecular complexity index is 417. The van der Waals surface area contributed by atoms with E-state index in [1.165, 1.54) is 32.1 Å². The number of aliphatic hydroxyl groups is 2. The second kappa shape index (κ2) is 5.89. The van der Waals surface area contributed by atoms with Crippen LogP contribution in [0.4, 0.5) is 0 Å². The van der Waals surface area contributed by atoms with Gasteiger partial charge in [0, 0.05) is 5.41 Å². The Hall–Kier alpha value is -0.600. The summed E-state index contributed by atoms with van der Waals surface area (Å²) in [7, 11) is 0. The van der Waals surface area contributed by atoms with Gasteiger partial charge in [0.15, 0.2) is 0 Å². The van der Waals surface area contributed by atoms with E-state index in [0.717, 1.165) is 25.7 Å². The largest absolute Gasteiger partial charge is 0.393 e. The van der Waals surface area contributed by atoms with Gasteiger partial charge in [-0.3, -0.25) is 0 Å². The van der Waals surface area contributed by atoms with E-state index in [2.05, 4.69) is 24.3 Å². The fourth-order valence-electron chi connectivity index (χ4n) is 4.85. The Balaban J connectivity index is 1.62. The lowest BCUT2D eigenvalue weighted by Gasteiger charge is -2.35. The Labute approximate surface area is 128 Å². The lowest BCUT2D eigenvalue weighted by atomic mass is 9.75. The molecule has 3 aliphatic rings. The molecule has 3 unspecified atom stereocenters. The molecule has 0 aromatic carbocycles. The molecule has 2 heteroatoms. The van der Waals surface area contributed by atoms with E-state index in [1.807, 2.05) is 6.92 Å². The van der Waals surface area contributed by atoms with Crippen LogP contribution in [-0.2, 0) is 0 Å². The molecule has 0 aromatic heterocycles. The Morgan fingerprint density at radius 3 is 2.81 bits per heavy atom. The van der Waals surface area contributed by atoms with Crippen LogP contribution in [0.1, 0.15) is 64.7 Å². The average molecular weight is 290 g/mol. The summed E-state index contributed by atoms with van der Waals surface area (Å²) in [6.45, 7) is 2.01. The summed E-state index contributed by atoms with van der Waals surface area (Å²) in [6, 6.07) is 0. The van der Waals surface area contributed by atoms with Gasteiger partial charge in [0.05, 0.1) is 11.7 Å². The van der Waals surface area contributed by atoms with Crippen LogP contribution in [-0.4, -0.2) is 21.9 Å². The van der Waals surface area contributed by atoms with Crippen LogP contribution in [0.2, 0.25) is 0 Å². The van der Waals surface area contributed by atoms with Gasteiger partial charge in [0.1, 0.15) is 0 Å². The van der Waals surface area contributed by atoms with Gasteiger partial charge in [0.2, 0.25) is 0 Å². The van der Waals surface area contributed by atoms with Crippen molar-refractivity contribution in [3.05, 3.63) is 24.3 Å². The topological polar surface area (TPSA) is 40.5 Å². The van der Waals surface area contributed by atoms with Crippen LogP contribution in [0.3, 0.4) is 0 Å². The van der Waals surface area contributed by atoms with Gasteiger partial charge in [-0.15, -0.1) is 0 Å². The van der Waals surface area contributed by atoms with E-state index >= 15 is 0 Å². The highest BCUT2D eigenvalue weighted by molar-refractivity contribution is 5.23. The van der Waals surface area contributed by atoms with Crippen LogP contribution in [0, 0.1) is 17.3 Å². The van der Waals surface area contributed by atoms with Crippen LogP contribution in [0.15, 0.2) is 24.3 Å². The molecule has 3 rings (SSSR count). The standard InChI is InChI=1S/C19H30O2/c1-18(21,15-7-3-2-4-8-15)10-6-12-19-11-5-9-16(19)13-17(20)14-19/h5-6,11-12,15-17,20-21H,2-4,7-10,13-14H2,1H3/b12-6+/t16?,17?,18-,19?/m1/s1. The molecule has 2 saturated carbocycles. The molecule has 2 nitrogen and oxygen atoms in total. The third kappa shape index (κ3) is 3.12. The summed E-state index contributed by atoms with van der Waals surface area (Å²) in [5, 5.41) is 20.7. The third-order valence-corrected chi connectivity index (χ3v) is 6.20. The summed E-state index contributed by atoms with van der Waals surface area (Å²) >= 11 is 0. The summed E-state index contributed by atoms with van der Waals surface area (Å²) < 4.78 is 0. The van der Waals surface area contributed by atoms with Crippen molar-refractivity contribution in [2.75, 3.05) is 0 Å². The number of allylic oxidation sites excluding steroid dienone is 3. The first-order valence-corrected chi connectivity index (χ1v) is 8.78. The highest BCUT2D eigenvalue weighted by atomic mass is 16.3. The Morgan fingerprint density at radius 2 is 2.05 bits per heavy atom. The highest BCUT2D eigenvalue weighted by Crippen LogP contribution is 2.51. The van der Waals surface area contributed by atoms with Crippen LogP contribution in [0.25, 0.3) is 0 Å². The van der Waals surface area contributed by atoms with E-state index in [4.69, 9.17) is 0 Å². The van der Waals surface area contributed by atoms with Gasteiger partial charge in [-0.1, -0.05) is 43.6 Å². The number of fused-ring (bicyclic) bond motifs is 1. The van der Waals surface area contributed by atoms with Gasteiger partial charge >= 0.3 is 0 Å². The number of hydrogen-bond donors (Lipinski definition) is 2. The predicted octanol–water partition coefficient (Wildman–Crippen LogP) is 3.98. The number of hydrogen-bond acceptors (Lipinski definition) is 2.